The summed E-state index contributed by atoms with van der Waals surface area (Å²) in [4.78, 5) is 24.6. The minimum Gasteiger partial charge on any atom is -0.449 e. The second-order valence-electron chi connectivity index (χ2n) is 6.84. The Morgan fingerprint density at radius 2 is 1.92 bits per heavy atom. The van der Waals surface area contributed by atoms with E-state index in [-0.39, 0.29) is 27.4 Å². The Kier molecular flexibility index (Phi) is 6.69. The van der Waals surface area contributed by atoms with Crippen LogP contribution in [0.15, 0.2) is 23.1 Å². The molecule has 1 amide bonds. The van der Waals surface area contributed by atoms with Crippen LogP contribution in [0.2, 0.25) is 5.02 Å². The third-order valence-corrected chi connectivity index (χ3v) is 6.12. The molecule has 1 aromatic rings. The van der Waals surface area contributed by atoms with E-state index in [0.717, 1.165) is 38.0 Å². The summed E-state index contributed by atoms with van der Waals surface area (Å²) < 4.78 is 28.5. The van der Waals surface area contributed by atoms with Crippen molar-refractivity contribution in [1.29, 1.82) is 0 Å². The largest absolute Gasteiger partial charge is 0.449 e. The molecule has 0 radical (unpaired) electrons. The van der Waals surface area contributed by atoms with Crippen LogP contribution in [0.4, 0.5) is 0 Å². The molecule has 6 nitrogen and oxygen atoms in total. The summed E-state index contributed by atoms with van der Waals surface area (Å²) in [5.74, 6) is -0.816. The Morgan fingerprint density at radius 3 is 2.54 bits per heavy atom. The fraction of sp³-hybridized carbons (Fsp3) is 0.556. The average Bonchev–Trinajstić information content (AvgIpc) is 2.56. The van der Waals surface area contributed by atoms with Gasteiger partial charge in [-0.05, 0) is 43.9 Å². The van der Waals surface area contributed by atoms with E-state index in [1.54, 1.807) is 0 Å². The van der Waals surface area contributed by atoms with E-state index < -0.39 is 21.9 Å². The molecule has 0 aromatic heterocycles. The standard InChI is InChI=1S/C18H24ClNO5S/c1-11-6-4-5-7-16(11)20-17(21)12(2)25-18(22)14-10-13(26(3,23)24)8-9-15(14)19/h8-12,16H,4-7H2,1-3H3,(H,20,21)/t11-,12-,16-/m1/s1. The number of benzene rings is 1. The van der Waals surface area contributed by atoms with Crippen LogP contribution in [0, 0.1) is 5.92 Å². The molecular weight excluding hydrogens is 378 g/mol. The molecule has 2 rings (SSSR count). The van der Waals surface area contributed by atoms with Crippen LogP contribution in [0.25, 0.3) is 0 Å². The number of ether oxygens (including phenoxy) is 1. The highest BCUT2D eigenvalue weighted by molar-refractivity contribution is 7.90. The third-order valence-electron chi connectivity index (χ3n) is 4.68. The number of nitrogens with one attached hydrogen (secondary N) is 1. The number of halogens is 1. The number of rotatable bonds is 5. The van der Waals surface area contributed by atoms with Crippen LogP contribution in [0.5, 0.6) is 0 Å². The van der Waals surface area contributed by atoms with Crippen LogP contribution in [0.3, 0.4) is 0 Å². The van der Waals surface area contributed by atoms with Gasteiger partial charge in [0.2, 0.25) is 0 Å². The van der Waals surface area contributed by atoms with Crippen LogP contribution < -0.4 is 5.32 Å². The quantitative estimate of drug-likeness (QED) is 0.766. The lowest BCUT2D eigenvalue weighted by atomic mass is 9.86. The maximum atomic E-state index is 12.3. The van der Waals surface area contributed by atoms with Gasteiger partial charge in [0.05, 0.1) is 15.5 Å². The summed E-state index contributed by atoms with van der Waals surface area (Å²) in [5.41, 5.74) is -0.0831. The predicted molar refractivity (Wildman–Crippen MR) is 99.0 cm³/mol. The van der Waals surface area contributed by atoms with Crippen LogP contribution in [-0.4, -0.2) is 38.7 Å². The molecule has 1 saturated carbocycles. The van der Waals surface area contributed by atoms with Crippen molar-refractivity contribution in [3.05, 3.63) is 28.8 Å². The maximum Gasteiger partial charge on any atom is 0.340 e. The highest BCUT2D eigenvalue weighted by Crippen LogP contribution is 2.24. The number of sulfone groups is 1. The highest BCUT2D eigenvalue weighted by atomic mass is 35.5. The first-order valence-electron chi connectivity index (χ1n) is 8.60. The van der Waals surface area contributed by atoms with E-state index in [9.17, 15) is 18.0 Å². The van der Waals surface area contributed by atoms with Crippen molar-refractivity contribution in [3.63, 3.8) is 0 Å². The lowest BCUT2D eigenvalue weighted by molar-refractivity contribution is -0.130. The summed E-state index contributed by atoms with van der Waals surface area (Å²) in [7, 11) is -3.49. The van der Waals surface area contributed by atoms with Gasteiger partial charge in [-0.15, -0.1) is 0 Å². The van der Waals surface area contributed by atoms with Gasteiger partial charge in [-0.25, -0.2) is 13.2 Å². The molecule has 0 bridgehead atoms. The third kappa shape index (κ3) is 5.20. The number of carbonyl (C=O) groups excluding carboxylic acids is 2. The van der Waals surface area contributed by atoms with Crippen LogP contribution in [-0.2, 0) is 19.4 Å². The van der Waals surface area contributed by atoms with Crippen molar-refractivity contribution in [2.45, 2.75) is 56.6 Å². The van der Waals surface area contributed by atoms with Gasteiger partial charge in [-0.1, -0.05) is 31.4 Å². The molecule has 1 aromatic carbocycles. The molecule has 1 N–H and O–H groups in total. The molecule has 144 valence electrons. The van der Waals surface area contributed by atoms with Crippen LogP contribution >= 0.6 is 11.6 Å². The predicted octanol–water partition coefficient (Wildman–Crippen LogP) is 2.98. The van der Waals surface area contributed by atoms with Crippen molar-refractivity contribution >= 4 is 33.3 Å². The van der Waals surface area contributed by atoms with E-state index in [0.29, 0.717) is 5.92 Å². The van der Waals surface area contributed by atoms with Gasteiger partial charge >= 0.3 is 5.97 Å². The minimum atomic E-state index is -3.49. The van der Waals surface area contributed by atoms with Crippen molar-refractivity contribution in [2.75, 3.05) is 6.26 Å². The number of hydrogen-bond donors (Lipinski definition) is 1. The molecule has 26 heavy (non-hydrogen) atoms. The lowest BCUT2D eigenvalue weighted by Gasteiger charge is -2.30. The fourth-order valence-corrected chi connectivity index (χ4v) is 3.84. The zero-order valence-corrected chi connectivity index (χ0v) is 16.7. The molecule has 0 heterocycles. The van der Waals surface area contributed by atoms with E-state index in [1.807, 2.05) is 0 Å². The molecule has 0 spiro atoms. The molecule has 0 aliphatic heterocycles. The number of hydrogen-bond acceptors (Lipinski definition) is 5. The summed E-state index contributed by atoms with van der Waals surface area (Å²) in [6, 6.07) is 3.88. The fourth-order valence-electron chi connectivity index (χ4n) is 3.00. The zero-order chi connectivity index (χ0) is 19.5. The Labute approximate surface area is 159 Å². The van der Waals surface area contributed by atoms with E-state index in [4.69, 9.17) is 16.3 Å². The van der Waals surface area contributed by atoms with Crippen molar-refractivity contribution in [3.8, 4) is 0 Å². The monoisotopic (exact) mass is 401 g/mol. The van der Waals surface area contributed by atoms with Gasteiger partial charge < -0.3 is 10.1 Å². The molecule has 8 heteroatoms. The van der Waals surface area contributed by atoms with Crippen molar-refractivity contribution in [2.24, 2.45) is 5.92 Å². The topological polar surface area (TPSA) is 89.5 Å². The Bertz CT molecular complexity index is 793. The zero-order valence-electron chi connectivity index (χ0n) is 15.1. The maximum absolute atomic E-state index is 12.3. The Hall–Kier alpha value is -1.60. The summed E-state index contributed by atoms with van der Waals surface area (Å²) in [6.07, 6.45) is 4.23. The first-order chi connectivity index (χ1) is 12.1. The van der Waals surface area contributed by atoms with Crippen molar-refractivity contribution in [1.82, 2.24) is 5.32 Å². The van der Waals surface area contributed by atoms with Gasteiger partial charge in [0.1, 0.15) is 0 Å². The van der Waals surface area contributed by atoms with Gasteiger partial charge in [0, 0.05) is 12.3 Å². The first-order valence-corrected chi connectivity index (χ1v) is 10.9. The second-order valence-corrected chi connectivity index (χ2v) is 9.26. The second kappa shape index (κ2) is 8.39. The lowest BCUT2D eigenvalue weighted by Crippen LogP contribution is -2.46. The average molecular weight is 402 g/mol. The van der Waals surface area contributed by atoms with E-state index in [1.165, 1.54) is 19.1 Å². The summed E-state index contributed by atoms with van der Waals surface area (Å²) in [6.45, 7) is 3.58. The SMILES string of the molecule is C[C@@H]1CCCC[C@H]1NC(=O)[C@@H](C)OC(=O)c1cc(S(C)(=O)=O)ccc1Cl. The van der Waals surface area contributed by atoms with Crippen molar-refractivity contribution < 1.29 is 22.7 Å². The normalized spacial score (nSPS) is 21.7. The molecule has 1 fully saturated rings. The number of esters is 1. The molecular formula is C18H24ClNO5S. The summed E-state index contributed by atoms with van der Waals surface area (Å²) in [5, 5.41) is 3.00. The van der Waals surface area contributed by atoms with Gasteiger partial charge in [-0.2, -0.15) is 0 Å². The summed E-state index contributed by atoms with van der Waals surface area (Å²) >= 11 is 5.98. The molecule has 1 aliphatic rings. The van der Waals surface area contributed by atoms with E-state index >= 15 is 0 Å². The molecule has 3 atom stereocenters. The molecule has 0 saturated heterocycles. The minimum absolute atomic E-state index is 0.0398. The molecule has 0 unspecified atom stereocenters. The Balaban J connectivity index is 2.05. The van der Waals surface area contributed by atoms with E-state index in [2.05, 4.69) is 12.2 Å². The van der Waals surface area contributed by atoms with Crippen LogP contribution in [0.1, 0.15) is 49.9 Å². The number of amides is 1. The molecule has 1 aliphatic carbocycles. The smallest absolute Gasteiger partial charge is 0.340 e. The number of carbonyl (C=O) groups is 2. The Morgan fingerprint density at radius 1 is 1.27 bits per heavy atom. The highest BCUT2D eigenvalue weighted by Gasteiger charge is 2.27. The van der Waals surface area contributed by atoms with Gasteiger partial charge in [0.25, 0.3) is 5.91 Å². The van der Waals surface area contributed by atoms with Gasteiger partial charge in [-0.3, -0.25) is 4.79 Å². The first kappa shape index (κ1) is 20.7. The van der Waals surface area contributed by atoms with Gasteiger partial charge in [0.15, 0.2) is 15.9 Å².